The predicted molar refractivity (Wildman–Crippen MR) is 84.6 cm³/mol. The van der Waals surface area contributed by atoms with Gasteiger partial charge in [-0.1, -0.05) is 47.8 Å². The number of aryl methyl sites for hydroxylation is 1. The number of hydrogen-bond donors (Lipinski definition) is 0. The smallest absolute Gasteiger partial charge is 0.164 e. The van der Waals surface area contributed by atoms with Crippen LogP contribution in [0.1, 0.15) is 12.6 Å². The highest BCUT2D eigenvalue weighted by Crippen LogP contribution is 2.34. The molecule has 0 amide bonds. The summed E-state index contributed by atoms with van der Waals surface area (Å²) in [5.41, 5.74) is 1.51. The fraction of sp³-hybridized carbons (Fsp3) is 0.167. The molecule has 94 valence electrons. The molecule has 0 aliphatic rings. The third-order valence-corrected chi connectivity index (χ3v) is 4.76. The maximum atomic E-state index is 6.14. The molecule has 0 aliphatic heterocycles. The van der Waals surface area contributed by atoms with Gasteiger partial charge in [0.15, 0.2) is 5.82 Å². The Labute approximate surface area is 134 Å². The third-order valence-electron chi connectivity index (χ3n) is 2.40. The highest BCUT2D eigenvalue weighted by atomic mass is 127. The fourth-order valence-electron chi connectivity index (χ4n) is 1.52. The lowest BCUT2D eigenvalue weighted by molar-refractivity contribution is 0.989. The third kappa shape index (κ3) is 2.74. The molecule has 2 aromatic rings. The lowest BCUT2D eigenvalue weighted by atomic mass is 10.2. The van der Waals surface area contributed by atoms with Crippen molar-refractivity contribution in [2.24, 2.45) is 0 Å². The van der Waals surface area contributed by atoms with Crippen LogP contribution < -0.4 is 0 Å². The molecule has 0 aliphatic carbocycles. The number of hydrogen-bond acceptors (Lipinski definition) is 2. The second-order valence-corrected chi connectivity index (χ2v) is 5.80. The molecule has 2 rings (SSSR count). The fourth-order valence-corrected chi connectivity index (χ4v) is 2.90. The number of aromatic nitrogens is 2. The van der Waals surface area contributed by atoms with Crippen molar-refractivity contribution < 1.29 is 0 Å². The van der Waals surface area contributed by atoms with E-state index in [4.69, 9.17) is 34.8 Å². The van der Waals surface area contributed by atoms with Gasteiger partial charge >= 0.3 is 0 Å². The molecule has 1 aromatic carbocycles. The molecule has 0 radical (unpaired) electrons. The molecule has 0 saturated heterocycles. The van der Waals surface area contributed by atoms with Gasteiger partial charge < -0.3 is 0 Å². The zero-order valence-corrected chi connectivity index (χ0v) is 13.8. The van der Waals surface area contributed by atoms with Gasteiger partial charge in [-0.2, -0.15) is 0 Å². The van der Waals surface area contributed by atoms with Crippen LogP contribution in [0.2, 0.25) is 15.2 Å². The first-order valence-corrected chi connectivity index (χ1v) is 7.42. The molecule has 0 bridgehead atoms. The number of halogens is 4. The van der Waals surface area contributed by atoms with E-state index in [-0.39, 0.29) is 0 Å². The Balaban J connectivity index is 2.68. The SMILES string of the molecule is CCc1nc(-c2c(Cl)cccc2Cl)nc(Cl)c1I. The molecule has 0 saturated carbocycles. The molecule has 0 N–H and O–H groups in total. The number of nitrogens with zero attached hydrogens (tertiary/aromatic N) is 2. The van der Waals surface area contributed by atoms with Gasteiger partial charge in [0.2, 0.25) is 0 Å². The number of benzene rings is 1. The van der Waals surface area contributed by atoms with E-state index in [2.05, 4.69) is 32.6 Å². The van der Waals surface area contributed by atoms with Crippen molar-refractivity contribution >= 4 is 57.4 Å². The molecule has 0 atom stereocenters. The van der Waals surface area contributed by atoms with Crippen LogP contribution in [0.25, 0.3) is 11.4 Å². The van der Waals surface area contributed by atoms with Crippen molar-refractivity contribution in [1.29, 1.82) is 0 Å². The minimum absolute atomic E-state index is 0.424. The van der Waals surface area contributed by atoms with Crippen molar-refractivity contribution in [3.8, 4) is 11.4 Å². The lowest BCUT2D eigenvalue weighted by Gasteiger charge is -2.09. The van der Waals surface area contributed by atoms with E-state index in [1.165, 1.54) is 0 Å². The Hall–Kier alpha value is -0.100. The van der Waals surface area contributed by atoms with Crippen LogP contribution in [-0.4, -0.2) is 9.97 Å². The summed E-state index contributed by atoms with van der Waals surface area (Å²) in [4.78, 5) is 8.72. The summed E-state index contributed by atoms with van der Waals surface area (Å²) in [5, 5.41) is 1.46. The van der Waals surface area contributed by atoms with Gasteiger partial charge in [0.1, 0.15) is 5.15 Å². The monoisotopic (exact) mass is 412 g/mol. The Bertz CT molecular complexity index is 582. The first-order valence-electron chi connectivity index (χ1n) is 5.21. The van der Waals surface area contributed by atoms with Crippen LogP contribution in [-0.2, 0) is 6.42 Å². The summed E-state index contributed by atoms with van der Waals surface area (Å²) in [5.74, 6) is 0.466. The maximum absolute atomic E-state index is 6.14. The van der Waals surface area contributed by atoms with Crippen LogP contribution in [0.5, 0.6) is 0 Å². The molecule has 6 heteroatoms. The molecule has 0 spiro atoms. The predicted octanol–water partition coefficient (Wildman–Crippen LogP) is 5.27. The Morgan fingerprint density at radius 1 is 1.11 bits per heavy atom. The zero-order chi connectivity index (χ0) is 13.3. The lowest BCUT2D eigenvalue weighted by Crippen LogP contribution is -2.00. The van der Waals surface area contributed by atoms with E-state index in [1.54, 1.807) is 18.2 Å². The minimum atomic E-state index is 0.424. The normalized spacial score (nSPS) is 10.7. The van der Waals surface area contributed by atoms with Gasteiger partial charge in [-0.3, -0.25) is 0 Å². The first-order chi connectivity index (χ1) is 8.54. The highest BCUT2D eigenvalue weighted by molar-refractivity contribution is 14.1. The molecular formula is C12H8Cl3IN2. The molecular weight excluding hydrogens is 405 g/mol. The summed E-state index contributed by atoms with van der Waals surface area (Å²) in [6.45, 7) is 2.01. The highest BCUT2D eigenvalue weighted by Gasteiger charge is 2.15. The first kappa shape index (κ1) is 14.3. The maximum Gasteiger partial charge on any atom is 0.164 e. The van der Waals surface area contributed by atoms with Crippen LogP contribution >= 0.6 is 57.4 Å². The number of rotatable bonds is 2. The van der Waals surface area contributed by atoms with E-state index in [0.29, 0.717) is 26.6 Å². The second-order valence-electron chi connectivity index (χ2n) is 3.55. The van der Waals surface area contributed by atoms with Gasteiger partial charge in [0.05, 0.1) is 24.9 Å². The molecule has 2 nitrogen and oxygen atoms in total. The van der Waals surface area contributed by atoms with Crippen molar-refractivity contribution in [2.75, 3.05) is 0 Å². The van der Waals surface area contributed by atoms with Gasteiger partial charge in [-0.05, 0) is 41.1 Å². The molecule has 18 heavy (non-hydrogen) atoms. The van der Waals surface area contributed by atoms with Crippen molar-refractivity contribution in [3.63, 3.8) is 0 Å². The van der Waals surface area contributed by atoms with Gasteiger partial charge in [0, 0.05) is 0 Å². The topological polar surface area (TPSA) is 25.8 Å². The summed E-state index contributed by atoms with van der Waals surface area (Å²) >= 11 is 20.5. The summed E-state index contributed by atoms with van der Waals surface area (Å²) < 4.78 is 0.865. The summed E-state index contributed by atoms with van der Waals surface area (Å²) in [7, 11) is 0. The van der Waals surface area contributed by atoms with Gasteiger partial charge in [-0.25, -0.2) is 9.97 Å². The summed E-state index contributed by atoms with van der Waals surface area (Å²) in [6, 6.07) is 5.29. The average Bonchev–Trinajstić information content (AvgIpc) is 2.33. The molecule has 1 heterocycles. The van der Waals surface area contributed by atoms with E-state index < -0.39 is 0 Å². The molecule has 0 unspecified atom stereocenters. The van der Waals surface area contributed by atoms with E-state index >= 15 is 0 Å². The van der Waals surface area contributed by atoms with Crippen LogP contribution in [0, 0.1) is 3.57 Å². The van der Waals surface area contributed by atoms with Crippen molar-refractivity contribution in [2.45, 2.75) is 13.3 Å². The minimum Gasteiger partial charge on any atom is -0.232 e. The Morgan fingerprint density at radius 3 is 2.28 bits per heavy atom. The van der Waals surface area contributed by atoms with E-state index in [1.807, 2.05) is 6.92 Å². The van der Waals surface area contributed by atoms with Crippen LogP contribution in [0.3, 0.4) is 0 Å². The van der Waals surface area contributed by atoms with E-state index in [9.17, 15) is 0 Å². The molecule has 0 fully saturated rings. The molecule has 1 aromatic heterocycles. The largest absolute Gasteiger partial charge is 0.232 e. The Kier molecular flexibility index (Phi) is 4.69. The average molecular weight is 413 g/mol. The van der Waals surface area contributed by atoms with Crippen molar-refractivity contribution in [3.05, 3.63) is 42.7 Å². The van der Waals surface area contributed by atoms with Gasteiger partial charge in [-0.15, -0.1) is 0 Å². The standard InChI is InChI=1S/C12H8Cl3IN2/c1-2-8-10(16)11(15)18-12(17-8)9-6(13)4-3-5-7(9)14/h3-5H,2H2,1H3. The zero-order valence-electron chi connectivity index (χ0n) is 9.35. The second kappa shape index (κ2) is 5.90. The van der Waals surface area contributed by atoms with Crippen LogP contribution in [0.4, 0.5) is 0 Å². The van der Waals surface area contributed by atoms with Gasteiger partial charge in [0.25, 0.3) is 0 Å². The Morgan fingerprint density at radius 2 is 1.72 bits per heavy atom. The van der Waals surface area contributed by atoms with E-state index in [0.717, 1.165) is 15.7 Å². The summed E-state index contributed by atoms with van der Waals surface area (Å²) in [6.07, 6.45) is 0.773. The van der Waals surface area contributed by atoms with Crippen LogP contribution in [0.15, 0.2) is 18.2 Å². The quantitative estimate of drug-likeness (QED) is 0.495. The van der Waals surface area contributed by atoms with Crippen molar-refractivity contribution in [1.82, 2.24) is 9.97 Å².